The minimum atomic E-state index is 0.128. The van der Waals surface area contributed by atoms with Gasteiger partial charge in [-0.3, -0.25) is 4.99 Å². The van der Waals surface area contributed by atoms with E-state index >= 15 is 0 Å². The van der Waals surface area contributed by atoms with Gasteiger partial charge >= 0.3 is 0 Å². The van der Waals surface area contributed by atoms with Crippen LogP contribution in [0.1, 0.15) is 33.4 Å². The second-order valence-corrected chi connectivity index (χ2v) is 8.13. The monoisotopic (exact) mass is 238 g/mol. The van der Waals surface area contributed by atoms with Gasteiger partial charge in [0.25, 0.3) is 0 Å². The number of H-pyrrole nitrogens is 1. The summed E-state index contributed by atoms with van der Waals surface area (Å²) in [5, 5.41) is 0. The van der Waals surface area contributed by atoms with E-state index in [0.717, 1.165) is 23.6 Å². The summed E-state index contributed by atoms with van der Waals surface area (Å²) in [6.45, 7) is 10.3. The molecule has 2 nitrogen and oxygen atoms in total. The average Bonchev–Trinajstić information content (AvgIpc) is 2.68. The molecule has 0 fully saturated rings. The van der Waals surface area contributed by atoms with Gasteiger partial charge in [-0.05, 0) is 29.6 Å². The largest absolute Gasteiger partial charge is 0.360 e. The van der Waals surface area contributed by atoms with Gasteiger partial charge in [0.1, 0.15) is 0 Å². The molecule has 0 radical (unpaired) electrons. The van der Waals surface area contributed by atoms with Crippen LogP contribution in [0.4, 0.5) is 0 Å². The lowest BCUT2D eigenvalue weighted by molar-refractivity contribution is 0.984. The van der Waals surface area contributed by atoms with E-state index in [1.807, 2.05) is 24.5 Å². The molecule has 1 rings (SSSR count). The van der Waals surface area contributed by atoms with Crippen molar-refractivity contribution in [3.63, 3.8) is 0 Å². The molecule has 0 spiro atoms. The lowest BCUT2D eigenvalue weighted by Crippen LogP contribution is -2.08. The first-order valence-electron chi connectivity index (χ1n) is 6.00. The third-order valence-corrected chi connectivity index (χ3v) is 6.04. The van der Waals surface area contributed by atoms with Crippen molar-refractivity contribution in [3.05, 3.63) is 24.0 Å². The van der Waals surface area contributed by atoms with Crippen LogP contribution in [0.25, 0.3) is 0 Å². The predicted molar refractivity (Wildman–Crippen MR) is 75.3 cm³/mol. The normalized spacial score (nSPS) is 12.4. The highest BCUT2D eigenvalue weighted by Gasteiger charge is 2.15. The van der Waals surface area contributed by atoms with Gasteiger partial charge in [0, 0.05) is 19.0 Å². The maximum Gasteiger partial charge on any atom is 0.0561 e. The van der Waals surface area contributed by atoms with Crippen molar-refractivity contribution in [1.82, 2.24) is 4.98 Å². The molecule has 0 aromatic carbocycles. The van der Waals surface area contributed by atoms with E-state index in [9.17, 15) is 0 Å². The van der Waals surface area contributed by atoms with Crippen LogP contribution in [0.5, 0.6) is 0 Å². The molecule has 0 saturated carbocycles. The summed E-state index contributed by atoms with van der Waals surface area (Å²) < 4.78 is 0. The third kappa shape index (κ3) is 4.49. The van der Waals surface area contributed by atoms with Gasteiger partial charge in [-0.2, -0.15) is 0 Å². The van der Waals surface area contributed by atoms with E-state index in [0.29, 0.717) is 0 Å². The second-order valence-electron chi connectivity index (χ2n) is 4.59. The molecule has 3 heteroatoms. The molecule has 0 amide bonds. The highest BCUT2D eigenvalue weighted by molar-refractivity contribution is 7.59. The van der Waals surface area contributed by atoms with Gasteiger partial charge < -0.3 is 4.98 Å². The zero-order valence-corrected chi connectivity index (χ0v) is 11.7. The Kier molecular flexibility index (Phi) is 5.76. The number of hydrogen-bond acceptors (Lipinski definition) is 1. The molecule has 1 aromatic heterocycles. The number of hydrogen-bond donors (Lipinski definition) is 1. The molecular formula is C13H23N2P. The van der Waals surface area contributed by atoms with E-state index in [1.54, 1.807) is 0 Å². The maximum absolute atomic E-state index is 4.48. The first kappa shape index (κ1) is 13.4. The zero-order chi connectivity index (χ0) is 12.0. The van der Waals surface area contributed by atoms with Crippen molar-refractivity contribution < 1.29 is 0 Å². The fourth-order valence-electron chi connectivity index (χ4n) is 1.87. The SMILES string of the molecule is CC(C)P(CC/N=C/c1ccc[nH]1)C(C)C. The van der Waals surface area contributed by atoms with Crippen LogP contribution in [0.2, 0.25) is 0 Å². The number of nitrogens with zero attached hydrogens (tertiary/aromatic N) is 1. The van der Waals surface area contributed by atoms with Gasteiger partial charge in [0.2, 0.25) is 0 Å². The first-order chi connectivity index (χ1) is 7.61. The summed E-state index contributed by atoms with van der Waals surface area (Å²) in [6, 6.07) is 4.04. The van der Waals surface area contributed by atoms with E-state index in [-0.39, 0.29) is 7.92 Å². The van der Waals surface area contributed by atoms with Gasteiger partial charge in [0.15, 0.2) is 0 Å². The van der Waals surface area contributed by atoms with Crippen LogP contribution in [0.3, 0.4) is 0 Å². The van der Waals surface area contributed by atoms with Crippen LogP contribution in [-0.2, 0) is 0 Å². The molecule has 0 unspecified atom stereocenters. The van der Waals surface area contributed by atoms with E-state index in [2.05, 4.69) is 37.7 Å². The maximum atomic E-state index is 4.48. The van der Waals surface area contributed by atoms with Crippen molar-refractivity contribution in [3.8, 4) is 0 Å². The summed E-state index contributed by atoms with van der Waals surface area (Å²) in [4.78, 5) is 7.61. The van der Waals surface area contributed by atoms with Gasteiger partial charge in [0.05, 0.1) is 5.69 Å². The number of nitrogens with one attached hydrogen (secondary N) is 1. The summed E-state index contributed by atoms with van der Waals surface area (Å²) in [6.07, 6.45) is 5.12. The molecule has 16 heavy (non-hydrogen) atoms. The molecule has 1 aromatic rings. The first-order valence-corrected chi connectivity index (χ1v) is 7.66. The Morgan fingerprint density at radius 1 is 1.31 bits per heavy atom. The number of rotatable bonds is 6. The third-order valence-electron chi connectivity index (χ3n) is 2.67. The smallest absolute Gasteiger partial charge is 0.0561 e. The van der Waals surface area contributed by atoms with Crippen molar-refractivity contribution in [2.75, 3.05) is 12.7 Å². The molecule has 0 bridgehead atoms. The Morgan fingerprint density at radius 2 is 2.00 bits per heavy atom. The minimum absolute atomic E-state index is 0.128. The molecule has 0 aliphatic heterocycles. The number of aromatic amines is 1. The average molecular weight is 238 g/mol. The molecule has 0 aliphatic rings. The summed E-state index contributed by atoms with van der Waals surface area (Å²) >= 11 is 0. The molecule has 0 saturated heterocycles. The Labute approximate surface area is 100 Å². The molecule has 1 N–H and O–H groups in total. The highest BCUT2D eigenvalue weighted by atomic mass is 31.1. The Balaban J connectivity index is 2.33. The Bertz CT molecular complexity index is 294. The Hall–Kier alpha value is -0.620. The lowest BCUT2D eigenvalue weighted by atomic mass is 10.5. The van der Waals surface area contributed by atoms with Crippen molar-refractivity contribution in [2.24, 2.45) is 4.99 Å². The summed E-state index contributed by atoms with van der Waals surface area (Å²) in [5.74, 6) is 0. The number of aromatic nitrogens is 1. The van der Waals surface area contributed by atoms with Crippen LogP contribution in [0.15, 0.2) is 23.3 Å². The van der Waals surface area contributed by atoms with E-state index in [1.165, 1.54) is 6.16 Å². The second kappa shape index (κ2) is 6.85. The zero-order valence-electron chi connectivity index (χ0n) is 10.8. The quantitative estimate of drug-likeness (QED) is 0.578. The van der Waals surface area contributed by atoms with Gasteiger partial charge in [-0.1, -0.05) is 35.6 Å². The standard InChI is InChI=1S/C13H23N2P/c1-11(2)16(12(3)4)9-8-14-10-13-6-5-7-15-13/h5-7,10-12,15H,8-9H2,1-4H3/b14-10+. The van der Waals surface area contributed by atoms with E-state index < -0.39 is 0 Å². The molecule has 0 aliphatic carbocycles. The Morgan fingerprint density at radius 3 is 2.50 bits per heavy atom. The fraction of sp³-hybridized carbons (Fsp3) is 0.615. The van der Waals surface area contributed by atoms with Crippen LogP contribution < -0.4 is 0 Å². The predicted octanol–water partition coefficient (Wildman–Crippen LogP) is 3.73. The highest BCUT2D eigenvalue weighted by Crippen LogP contribution is 2.45. The lowest BCUT2D eigenvalue weighted by Gasteiger charge is -2.24. The van der Waals surface area contributed by atoms with Gasteiger partial charge in [-0.25, -0.2) is 0 Å². The van der Waals surface area contributed by atoms with Crippen LogP contribution >= 0.6 is 7.92 Å². The molecular weight excluding hydrogens is 215 g/mol. The van der Waals surface area contributed by atoms with Crippen LogP contribution in [0, 0.1) is 0 Å². The molecule has 90 valence electrons. The molecule has 0 atom stereocenters. The molecule has 1 heterocycles. The fourth-order valence-corrected chi connectivity index (χ4v) is 4.45. The minimum Gasteiger partial charge on any atom is -0.360 e. The van der Waals surface area contributed by atoms with Crippen LogP contribution in [-0.4, -0.2) is 35.2 Å². The van der Waals surface area contributed by atoms with Crippen molar-refractivity contribution >= 4 is 14.1 Å². The van der Waals surface area contributed by atoms with Crippen molar-refractivity contribution in [2.45, 2.75) is 39.0 Å². The van der Waals surface area contributed by atoms with Gasteiger partial charge in [-0.15, -0.1) is 0 Å². The van der Waals surface area contributed by atoms with Crippen molar-refractivity contribution in [1.29, 1.82) is 0 Å². The van der Waals surface area contributed by atoms with E-state index in [4.69, 9.17) is 0 Å². The number of aliphatic imine (C=N–C) groups is 1. The topological polar surface area (TPSA) is 28.1 Å². The summed E-state index contributed by atoms with van der Waals surface area (Å²) in [7, 11) is 0.128. The summed E-state index contributed by atoms with van der Waals surface area (Å²) in [5.41, 5.74) is 2.73.